The summed E-state index contributed by atoms with van der Waals surface area (Å²) in [5.74, 6) is -1.00. The fourth-order valence-corrected chi connectivity index (χ4v) is 7.36. The predicted octanol–water partition coefficient (Wildman–Crippen LogP) is 2.78. The van der Waals surface area contributed by atoms with Gasteiger partial charge >= 0.3 is 0 Å². The standard InChI is InChI=1S/C22H29FO4/c1-12-8-16-15-5-4-13-9-14(25)6-7-21(13,3)22(15,23)18(27)10-20(16,2)19(12)17(26)11-24/h6-7,9,12,15-16,18-19,24,27H,4-5,8,10-11H2,1-3H3/t12-,15+,16+,18+,19-,20+,21?,22+/m1/s1. The van der Waals surface area contributed by atoms with Crippen LogP contribution in [-0.4, -0.2) is 40.2 Å². The maximum atomic E-state index is 16.8. The molecular weight excluding hydrogens is 347 g/mol. The molecule has 5 heteroatoms. The molecule has 2 N–H and O–H groups in total. The molecule has 0 heterocycles. The highest BCUT2D eigenvalue weighted by molar-refractivity contribution is 6.01. The number of carbonyl (C=O) groups is 2. The minimum absolute atomic E-state index is 0.0224. The number of ketones is 2. The van der Waals surface area contributed by atoms with Gasteiger partial charge < -0.3 is 10.2 Å². The van der Waals surface area contributed by atoms with Crippen molar-refractivity contribution in [3.63, 3.8) is 0 Å². The number of aliphatic hydroxyl groups excluding tert-OH is 2. The van der Waals surface area contributed by atoms with E-state index in [-0.39, 0.29) is 41.7 Å². The van der Waals surface area contributed by atoms with E-state index in [2.05, 4.69) is 0 Å². The first-order valence-electron chi connectivity index (χ1n) is 10.0. The second-order valence-corrected chi connectivity index (χ2v) is 9.67. The lowest BCUT2D eigenvalue weighted by atomic mass is 9.45. The molecule has 27 heavy (non-hydrogen) atoms. The Morgan fingerprint density at radius 3 is 2.70 bits per heavy atom. The Kier molecular flexibility index (Phi) is 4.11. The minimum Gasteiger partial charge on any atom is -0.390 e. The molecule has 4 rings (SSSR count). The highest BCUT2D eigenvalue weighted by Gasteiger charge is 2.71. The fourth-order valence-electron chi connectivity index (χ4n) is 7.36. The first kappa shape index (κ1) is 19.0. The molecule has 4 aliphatic rings. The third-order valence-electron chi connectivity index (χ3n) is 8.48. The van der Waals surface area contributed by atoms with Gasteiger partial charge in [0.15, 0.2) is 17.2 Å². The Morgan fingerprint density at radius 1 is 1.33 bits per heavy atom. The summed E-state index contributed by atoms with van der Waals surface area (Å²) >= 11 is 0. The van der Waals surface area contributed by atoms with Crippen LogP contribution in [0.1, 0.15) is 46.5 Å². The first-order valence-corrected chi connectivity index (χ1v) is 10.0. The molecule has 0 spiro atoms. The summed E-state index contributed by atoms with van der Waals surface area (Å²) in [4.78, 5) is 24.3. The molecule has 4 aliphatic carbocycles. The lowest BCUT2D eigenvalue weighted by molar-refractivity contribution is -0.195. The van der Waals surface area contributed by atoms with Crippen molar-refractivity contribution < 1.29 is 24.2 Å². The minimum atomic E-state index is -1.85. The topological polar surface area (TPSA) is 74.6 Å². The summed E-state index contributed by atoms with van der Waals surface area (Å²) in [6, 6.07) is 0. The van der Waals surface area contributed by atoms with E-state index < -0.39 is 29.2 Å². The summed E-state index contributed by atoms with van der Waals surface area (Å²) in [5.41, 5.74) is -2.59. The van der Waals surface area contributed by atoms with Gasteiger partial charge in [-0.25, -0.2) is 4.39 Å². The average molecular weight is 376 g/mol. The van der Waals surface area contributed by atoms with E-state index in [1.165, 1.54) is 12.2 Å². The number of carbonyl (C=O) groups excluding carboxylic acids is 2. The molecule has 4 nitrogen and oxygen atoms in total. The summed E-state index contributed by atoms with van der Waals surface area (Å²) in [6.45, 7) is 5.29. The number of halogens is 1. The van der Waals surface area contributed by atoms with Crippen molar-refractivity contribution in [1.29, 1.82) is 0 Å². The van der Waals surface area contributed by atoms with Crippen molar-refractivity contribution in [3.05, 3.63) is 23.8 Å². The van der Waals surface area contributed by atoms with Crippen LogP contribution in [0.4, 0.5) is 4.39 Å². The molecule has 0 aromatic carbocycles. The van der Waals surface area contributed by atoms with Gasteiger partial charge in [-0.05, 0) is 62.0 Å². The average Bonchev–Trinajstić information content (AvgIpc) is 2.86. The molecule has 0 aromatic heterocycles. The molecule has 0 bridgehead atoms. The van der Waals surface area contributed by atoms with Crippen molar-refractivity contribution in [2.75, 3.05) is 6.61 Å². The van der Waals surface area contributed by atoms with Crippen molar-refractivity contribution in [2.24, 2.45) is 34.5 Å². The number of Topliss-reactive ketones (excluding diaryl/α,β-unsaturated/α-hetero) is 1. The van der Waals surface area contributed by atoms with Crippen LogP contribution >= 0.6 is 0 Å². The smallest absolute Gasteiger partial charge is 0.178 e. The van der Waals surface area contributed by atoms with Gasteiger partial charge in [0, 0.05) is 17.3 Å². The number of aliphatic hydroxyl groups is 2. The number of alkyl halides is 1. The van der Waals surface area contributed by atoms with Gasteiger partial charge in [-0.1, -0.05) is 25.5 Å². The second-order valence-electron chi connectivity index (χ2n) is 9.67. The SMILES string of the molecule is C[C@@H]1C[C@H]2[C@@H]3CCC4=CC(=O)C=CC4(C)[C@@]3(F)[C@@H](O)C[C@]2(C)[C@H]1C(=O)CO. The van der Waals surface area contributed by atoms with Crippen molar-refractivity contribution in [3.8, 4) is 0 Å². The number of hydrogen-bond donors (Lipinski definition) is 2. The van der Waals surface area contributed by atoms with Crippen molar-refractivity contribution in [2.45, 2.75) is 58.2 Å². The Labute approximate surface area is 159 Å². The first-order chi connectivity index (χ1) is 12.6. The van der Waals surface area contributed by atoms with E-state index in [9.17, 15) is 19.8 Å². The van der Waals surface area contributed by atoms with Crippen LogP contribution in [0.2, 0.25) is 0 Å². The number of rotatable bonds is 2. The van der Waals surface area contributed by atoms with Crippen molar-refractivity contribution in [1.82, 2.24) is 0 Å². The zero-order valence-electron chi connectivity index (χ0n) is 16.2. The largest absolute Gasteiger partial charge is 0.390 e. The Balaban J connectivity index is 1.80. The summed E-state index contributed by atoms with van der Waals surface area (Å²) < 4.78 is 16.8. The van der Waals surface area contributed by atoms with Crippen LogP contribution in [0.15, 0.2) is 23.8 Å². The number of allylic oxidation sites excluding steroid dienone is 4. The van der Waals surface area contributed by atoms with Gasteiger partial charge in [0.25, 0.3) is 0 Å². The molecular formula is C22H29FO4. The highest BCUT2D eigenvalue weighted by atomic mass is 19.1. The lowest BCUT2D eigenvalue weighted by Gasteiger charge is -2.62. The lowest BCUT2D eigenvalue weighted by Crippen LogP contribution is -2.66. The van der Waals surface area contributed by atoms with Crippen LogP contribution in [0, 0.1) is 34.5 Å². The molecule has 0 aromatic rings. The Morgan fingerprint density at radius 2 is 2.04 bits per heavy atom. The van der Waals surface area contributed by atoms with E-state index in [1.54, 1.807) is 13.0 Å². The van der Waals surface area contributed by atoms with E-state index in [0.717, 1.165) is 12.0 Å². The molecule has 0 amide bonds. The monoisotopic (exact) mass is 376 g/mol. The molecule has 0 saturated heterocycles. The summed E-state index contributed by atoms with van der Waals surface area (Å²) in [5, 5.41) is 20.6. The van der Waals surface area contributed by atoms with Crippen LogP contribution in [0.5, 0.6) is 0 Å². The van der Waals surface area contributed by atoms with Gasteiger partial charge in [0.05, 0.1) is 6.10 Å². The summed E-state index contributed by atoms with van der Waals surface area (Å²) in [7, 11) is 0. The van der Waals surface area contributed by atoms with Gasteiger partial charge in [0.2, 0.25) is 0 Å². The molecule has 3 saturated carbocycles. The third kappa shape index (κ3) is 2.21. The van der Waals surface area contributed by atoms with Gasteiger partial charge in [-0.3, -0.25) is 9.59 Å². The quantitative estimate of drug-likeness (QED) is 0.777. The highest BCUT2D eigenvalue weighted by Crippen LogP contribution is 2.69. The molecule has 148 valence electrons. The second kappa shape index (κ2) is 5.84. The predicted molar refractivity (Wildman–Crippen MR) is 98.5 cm³/mol. The number of fused-ring (bicyclic) bond motifs is 5. The number of hydrogen-bond acceptors (Lipinski definition) is 4. The summed E-state index contributed by atoms with van der Waals surface area (Å²) in [6.07, 6.45) is 5.53. The van der Waals surface area contributed by atoms with E-state index in [4.69, 9.17) is 0 Å². The maximum absolute atomic E-state index is 16.8. The maximum Gasteiger partial charge on any atom is 0.178 e. The third-order valence-corrected chi connectivity index (χ3v) is 8.48. The Bertz CT molecular complexity index is 757. The molecule has 0 aliphatic heterocycles. The van der Waals surface area contributed by atoms with Gasteiger partial charge in [-0.2, -0.15) is 0 Å². The Hall–Kier alpha value is -1.33. The fraction of sp³-hybridized carbons (Fsp3) is 0.727. The van der Waals surface area contributed by atoms with Crippen LogP contribution in [-0.2, 0) is 9.59 Å². The molecule has 8 atom stereocenters. The van der Waals surface area contributed by atoms with Crippen LogP contribution < -0.4 is 0 Å². The van der Waals surface area contributed by atoms with E-state index >= 15 is 4.39 Å². The molecule has 3 fully saturated rings. The molecule has 1 unspecified atom stereocenters. The van der Waals surface area contributed by atoms with Crippen molar-refractivity contribution >= 4 is 11.6 Å². The van der Waals surface area contributed by atoms with Gasteiger partial charge in [0.1, 0.15) is 6.61 Å². The zero-order chi connectivity index (χ0) is 19.8. The van der Waals surface area contributed by atoms with E-state index in [1.807, 2.05) is 13.8 Å². The van der Waals surface area contributed by atoms with Crippen LogP contribution in [0.25, 0.3) is 0 Å². The molecule has 0 radical (unpaired) electrons. The van der Waals surface area contributed by atoms with Crippen LogP contribution in [0.3, 0.4) is 0 Å². The van der Waals surface area contributed by atoms with Gasteiger partial charge in [-0.15, -0.1) is 0 Å². The normalized spacial score (nSPS) is 51.3. The zero-order valence-corrected chi connectivity index (χ0v) is 16.2. The van der Waals surface area contributed by atoms with E-state index in [0.29, 0.717) is 12.8 Å².